The van der Waals surface area contributed by atoms with Gasteiger partial charge in [0.2, 0.25) is 11.5 Å². The molecule has 0 unspecified atom stereocenters. The second kappa shape index (κ2) is 9.58. The third kappa shape index (κ3) is 4.25. The van der Waals surface area contributed by atoms with Crippen molar-refractivity contribution in [2.24, 2.45) is 0 Å². The quantitative estimate of drug-likeness (QED) is 0.287. The average molecular weight is 462 g/mol. The van der Waals surface area contributed by atoms with Crippen LogP contribution in [-0.2, 0) is 0 Å². The Hall–Kier alpha value is -4.46. The summed E-state index contributed by atoms with van der Waals surface area (Å²) in [5, 5.41) is 0. The molecule has 0 saturated heterocycles. The lowest BCUT2D eigenvalue weighted by Gasteiger charge is -2.13. The van der Waals surface area contributed by atoms with E-state index in [9.17, 15) is 9.59 Å². The zero-order valence-corrected chi connectivity index (χ0v) is 19.0. The van der Waals surface area contributed by atoms with Crippen molar-refractivity contribution in [3.8, 4) is 34.5 Å². The van der Waals surface area contributed by atoms with Gasteiger partial charge in [0.1, 0.15) is 22.8 Å². The number of ether oxygens (including phenoxy) is 6. The first kappa shape index (κ1) is 22.7. The number of hydrogen-bond acceptors (Lipinski definition) is 8. The molecule has 0 fully saturated rings. The maximum absolute atomic E-state index is 12.9. The molecule has 1 heterocycles. The molecule has 0 amide bonds. The van der Waals surface area contributed by atoms with Crippen molar-refractivity contribution < 1.29 is 38.0 Å². The van der Waals surface area contributed by atoms with Gasteiger partial charge in [0, 0.05) is 6.07 Å². The van der Waals surface area contributed by atoms with Crippen LogP contribution in [0.4, 0.5) is 0 Å². The number of rotatable bonds is 7. The van der Waals surface area contributed by atoms with Gasteiger partial charge in [-0.05, 0) is 48.0 Å². The molecule has 0 spiro atoms. The van der Waals surface area contributed by atoms with Crippen LogP contribution in [0, 0.1) is 0 Å². The van der Waals surface area contributed by atoms with Gasteiger partial charge in [-0.3, -0.25) is 4.79 Å². The first-order valence-electron chi connectivity index (χ1n) is 10.2. The molecule has 1 aliphatic rings. The summed E-state index contributed by atoms with van der Waals surface area (Å²) in [4.78, 5) is 25.4. The number of methoxy groups -OCH3 is 4. The normalized spacial score (nSPS) is 13.2. The van der Waals surface area contributed by atoms with Gasteiger partial charge in [-0.25, -0.2) is 4.79 Å². The first-order chi connectivity index (χ1) is 16.5. The molecule has 3 aromatic rings. The topological polar surface area (TPSA) is 89.5 Å². The van der Waals surface area contributed by atoms with E-state index in [-0.39, 0.29) is 28.6 Å². The number of Topliss-reactive ketones (excluding diaryl/α,β-unsaturated/α-hetero) is 1. The second-order valence-electron chi connectivity index (χ2n) is 7.15. The highest BCUT2D eigenvalue weighted by Crippen LogP contribution is 2.40. The molecule has 0 bridgehead atoms. The third-order valence-corrected chi connectivity index (χ3v) is 5.16. The number of benzene rings is 3. The van der Waals surface area contributed by atoms with Crippen molar-refractivity contribution in [2.75, 3.05) is 28.4 Å². The molecule has 3 aromatic carbocycles. The highest BCUT2D eigenvalue weighted by Gasteiger charge is 2.28. The molecule has 174 valence electrons. The SMILES string of the molecule is COc1ccccc1C(=O)Oc1ccc2c(c1)OC(=Cc1cc(OC)c(OC)c(OC)c1)C2=O. The van der Waals surface area contributed by atoms with Gasteiger partial charge in [-0.2, -0.15) is 0 Å². The predicted octanol–water partition coefficient (Wildman–Crippen LogP) is 4.56. The Labute approximate surface area is 196 Å². The van der Waals surface area contributed by atoms with E-state index >= 15 is 0 Å². The number of carbonyl (C=O) groups excluding carboxylic acids is 2. The summed E-state index contributed by atoms with van der Waals surface area (Å²) < 4.78 is 32.5. The Balaban J connectivity index is 1.59. The van der Waals surface area contributed by atoms with E-state index in [2.05, 4.69) is 0 Å². The molecule has 8 nitrogen and oxygen atoms in total. The molecule has 8 heteroatoms. The van der Waals surface area contributed by atoms with E-state index in [4.69, 9.17) is 28.4 Å². The van der Waals surface area contributed by atoms with Crippen molar-refractivity contribution in [3.63, 3.8) is 0 Å². The number of allylic oxidation sites excluding steroid dienone is 1. The van der Waals surface area contributed by atoms with Crippen molar-refractivity contribution in [3.05, 3.63) is 77.0 Å². The molecule has 0 radical (unpaired) electrons. The lowest BCUT2D eigenvalue weighted by molar-refractivity contribution is 0.0731. The Morgan fingerprint density at radius 1 is 0.824 bits per heavy atom. The molecule has 0 aliphatic carbocycles. The summed E-state index contributed by atoms with van der Waals surface area (Å²) in [7, 11) is 6.00. The summed E-state index contributed by atoms with van der Waals surface area (Å²) in [5.74, 6) is 1.47. The van der Waals surface area contributed by atoms with Gasteiger partial charge in [0.05, 0.1) is 34.0 Å². The highest BCUT2D eigenvalue weighted by atomic mass is 16.5. The lowest BCUT2D eigenvalue weighted by Crippen LogP contribution is -2.10. The standard InChI is InChI=1S/C26H22O8/c1-29-19-8-6-5-7-18(19)26(28)33-16-9-10-17-20(14-16)34-21(24(17)27)11-15-12-22(30-2)25(32-4)23(13-15)31-3/h5-14H,1-4H3. The van der Waals surface area contributed by atoms with Crippen molar-refractivity contribution in [2.45, 2.75) is 0 Å². The van der Waals surface area contributed by atoms with E-state index in [0.717, 1.165) is 0 Å². The molecular formula is C26H22O8. The average Bonchev–Trinajstić information content (AvgIpc) is 3.17. The fourth-order valence-corrected chi connectivity index (χ4v) is 3.54. The number of ketones is 1. The van der Waals surface area contributed by atoms with E-state index in [1.165, 1.54) is 40.6 Å². The van der Waals surface area contributed by atoms with Gasteiger partial charge in [-0.15, -0.1) is 0 Å². The number of esters is 1. The van der Waals surface area contributed by atoms with Gasteiger partial charge >= 0.3 is 5.97 Å². The van der Waals surface area contributed by atoms with Gasteiger partial charge in [0.15, 0.2) is 17.3 Å². The van der Waals surface area contributed by atoms with Crippen LogP contribution in [0.5, 0.6) is 34.5 Å². The zero-order chi connectivity index (χ0) is 24.2. The first-order valence-corrected chi connectivity index (χ1v) is 10.2. The molecule has 0 aromatic heterocycles. The van der Waals surface area contributed by atoms with Crippen molar-refractivity contribution >= 4 is 17.8 Å². The van der Waals surface area contributed by atoms with Crippen LogP contribution >= 0.6 is 0 Å². The third-order valence-electron chi connectivity index (χ3n) is 5.16. The molecule has 1 aliphatic heterocycles. The van der Waals surface area contributed by atoms with Gasteiger partial charge in [0.25, 0.3) is 0 Å². The maximum atomic E-state index is 12.9. The Morgan fingerprint density at radius 2 is 1.50 bits per heavy atom. The molecule has 0 atom stereocenters. The maximum Gasteiger partial charge on any atom is 0.347 e. The summed E-state index contributed by atoms with van der Waals surface area (Å²) in [6.07, 6.45) is 1.58. The fraction of sp³-hybridized carbons (Fsp3) is 0.154. The van der Waals surface area contributed by atoms with E-state index < -0.39 is 5.97 Å². The minimum Gasteiger partial charge on any atom is -0.496 e. The van der Waals surface area contributed by atoms with Crippen LogP contribution in [0.2, 0.25) is 0 Å². The van der Waals surface area contributed by atoms with E-state index in [1.807, 2.05) is 0 Å². The second-order valence-corrected chi connectivity index (χ2v) is 7.15. The summed E-state index contributed by atoms with van der Waals surface area (Å²) >= 11 is 0. The van der Waals surface area contributed by atoms with Crippen LogP contribution < -0.4 is 28.4 Å². The summed E-state index contributed by atoms with van der Waals surface area (Å²) in [6.45, 7) is 0. The van der Waals surface area contributed by atoms with Crippen LogP contribution in [0.15, 0.2) is 60.4 Å². The summed E-state index contributed by atoms with van der Waals surface area (Å²) in [6, 6.07) is 14.7. The predicted molar refractivity (Wildman–Crippen MR) is 123 cm³/mol. The lowest BCUT2D eigenvalue weighted by atomic mass is 10.1. The van der Waals surface area contributed by atoms with Crippen LogP contribution in [0.25, 0.3) is 6.08 Å². The molecular weight excluding hydrogens is 440 g/mol. The van der Waals surface area contributed by atoms with Gasteiger partial charge < -0.3 is 28.4 Å². The minimum atomic E-state index is -0.588. The molecule has 0 N–H and O–H groups in total. The van der Waals surface area contributed by atoms with Crippen molar-refractivity contribution in [1.82, 2.24) is 0 Å². The van der Waals surface area contributed by atoms with Crippen molar-refractivity contribution in [1.29, 1.82) is 0 Å². The van der Waals surface area contributed by atoms with Gasteiger partial charge in [-0.1, -0.05) is 12.1 Å². The fourth-order valence-electron chi connectivity index (χ4n) is 3.54. The monoisotopic (exact) mass is 462 g/mol. The number of hydrogen-bond donors (Lipinski definition) is 0. The van der Waals surface area contributed by atoms with Crippen LogP contribution in [0.1, 0.15) is 26.3 Å². The summed E-state index contributed by atoms with van der Waals surface area (Å²) in [5.41, 5.74) is 1.26. The highest BCUT2D eigenvalue weighted by molar-refractivity contribution is 6.14. The Morgan fingerprint density at radius 3 is 2.15 bits per heavy atom. The Kier molecular flexibility index (Phi) is 6.40. The van der Waals surface area contributed by atoms with E-state index in [1.54, 1.807) is 48.5 Å². The molecule has 0 saturated carbocycles. The number of fused-ring (bicyclic) bond motifs is 1. The largest absolute Gasteiger partial charge is 0.496 e. The van der Waals surface area contributed by atoms with Crippen LogP contribution in [-0.4, -0.2) is 40.2 Å². The number of carbonyl (C=O) groups is 2. The minimum absolute atomic E-state index is 0.109. The smallest absolute Gasteiger partial charge is 0.347 e. The van der Waals surface area contributed by atoms with Crippen LogP contribution in [0.3, 0.4) is 0 Å². The zero-order valence-electron chi connectivity index (χ0n) is 19.0. The molecule has 34 heavy (non-hydrogen) atoms. The number of para-hydroxylation sites is 1. The molecule has 4 rings (SSSR count). The Bertz CT molecular complexity index is 1270. The van der Waals surface area contributed by atoms with E-state index in [0.29, 0.717) is 34.1 Å².